The zero-order valence-electron chi connectivity index (χ0n) is 16.2. The van der Waals surface area contributed by atoms with Gasteiger partial charge in [0.15, 0.2) is 7.05 Å². The molecule has 0 N–H and O–H groups in total. The zero-order valence-corrected chi connectivity index (χ0v) is 16.2. The largest absolute Gasteiger partial charge is 0.302 e. The quantitative estimate of drug-likeness (QED) is 0.362. The van der Waals surface area contributed by atoms with Crippen molar-refractivity contribution in [2.45, 2.75) is 13.8 Å². The molecule has 0 saturated heterocycles. The first-order valence-electron chi connectivity index (χ1n) is 9.66. The minimum Gasteiger partial charge on any atom is -0.302 e. The summed E-state index contributed by atoms with van der Waals surface area (Å²) in [6.45, 7) is 4.32. The lowest BCUT2D eigenvalue weighted by Gasteiger charge is -2.07. The summed E-state index contributed by atoms with van der Waals surface area (Å²) in [7, 11) is 2.06. The van der Waals surface area contributed by atoms with Gasteiger partial charge in [-0.05, 0) is 36.6 Å². The molecule has 0 aliphatic rings. The molecule has 0 unspecified atom stereocenters. The first-order valence-corrected chi connectivity index (χ1v) is 9.66. The predicted octanol–water partition coefficient (Wildman–Crippen LogP) is 5.34. The lowest BCUT2D eigenvalue weighted by atomic mass is 10.0. The molecule has 3 aromatic heterocycles. The molecule has 134 valence electrons. The van der Waals surface area contributed by atoms with E-state index in [0.29, 0.717) is 0 Å². The van der Waals surface area contributed by atoms with Crippen molar-refractivity contribution in [3.63, 3.8) is 0 Å². The van der Waals surface area contributed by atoms with E-state index in [1.165, 1.54) is 49.2 Å². The van der Waals surface area contributed by atoms with Gasteiger partial charge < -0.3 is 4.40 Å². The van der Waals surface area contributed by atoms with Crippen molar-refractivity contribution in [3.8, 4) is 11.4 Å². The first-order chi connectivity index (χ1) is 13.7. The van der Waals surface area contributed by atoms with E-state index < -0.39 is 0 Å². The highest BCUT2D eigenvalue weighted by Gasteiger charge is 2.28. The van der Waals surface area contributed by atoms with Gasteiger partial charge in [0.1, 0.15) is 11.4 Å². The number of rotatable bonds is 1. The van der Waals surface area contributed by atoms with Crippen molar-refractivity contribution in [3.05, 3.63) is 78.0 Å². The lowest BCUT2D eigenvalue weighted by Crippen LogP contribution is -2.37. The molecular formula is C25H20N3+. The van der Waals surface area contributed by atoms with Crippen molar-refractivity contribution in [1.82, 2.24) is 9.50 Å². The minimum absolute atomic E-state index is 1.05. The van der Waals surface area contributed by atoms with Gasteiger partial charge in [-0.2, -0.15) is 0 Å². The summed E-state index contributed by atoms with van der Waals surface area (Å²) in [6.07, 6.45) is 0. The van der Waals surface area contributed by atoms with E-state index in [1.807, 2.05) is 4.68 Å². The van der Waals surface area contributed by atoms with E-state index in [1.54, 1.807) is 0 Å². The Balaban J connectivity index is 1.92. The fourth-order valence-electron chi connectivity index (χ4n) is 4.92. The van der Waals surface area contributed by atoms with Crippen LogP contribution in [0.1, 0.15) is 11.3 Å². The molecule has 3 heteroatoms. The topological polar surface area (TPSA) is 21.2 Å². The Morgan fingerprint density at radius 3 is 2.18 bits per heavy atom. The molecule has 3 aromatic carbocycles. The van der Waals surface area contributed by atoms with Gasteiger partial charge in [0, 0.05) is 21.5 Å². The molecular weight excluding hydrogens is 342 g/mol. The normalized spacial score (nSPS) is 12.1. The van der Waals surface area contributed by atoms with Crippen molar-refractivity contribution >= 4 is 38.0 Å². The highest BCUT2D eigenvalue weighted by atomic mass is 15.3. The molecule has 28 heavy (non-hydrogen) atoms. The highest BCUT2D eigenvalue weighted by Crippen LogP contribution is 2.41. The lowest BCUT2D eigenvalue weighted by molar-refractivity contribution is -0.719. The molecule has 0 spiro atoms. The fraction of sp³-hybridized carbons (Fsp3) is 0.120. The van der Waals surface area contributed by atoms with Gasteiger partial charge in [0.25, 0.3) is 5.69 Å². The van der Waals surface area contributed by atoms with Crippen LogP contribution in [0.2, 0.25) is 0 Å². The number of aryl methyl sites for hydroxylation is 3. The van der Waals surface area contributed by atoms with Gasteiger partial charge in [-0.15, -0.1) is 0 Å². The SMILES string of the molecule is Cc1n[n+](C)c(-c2c(C)c3cccc4c5ccccc5n2c34)c2ccccc12. The number of para-hydroxylation sites is 2. The summed E-state index contributed by atoms with van der Waals surface area (Å²) in [5, 5.41) is 11.2. The van der Waals surface area contributed by atoms with Gasteiger partial charge in [-0.1, -0.05) is 59.3 Å². The van der Waals surface area contributed by atoms with Crippen LogP contribution in [-0.2, 0) is 7.05 Å². The first kappa shape index (κ1) is 15.6. The van der Waals surface area contributed by atoms with E-state index in [9.17, 15) is 0 Å². The van der Waals surface area contributed by atoms with E-state index in [0.717, 1.165) is 11.4 Å². The van der Waals surface area contributed by atoms with E-state index in [2.05, 4.69) is 92.0 Å². The van der Waals surface area contributed by atoms with E-state index in [4.69, 9.17) is 5.10 Å². The Bertz CT molecular complexity index is 1540. The second kappa shape index (κ2) is 5.29. The van der Waals surface area contributed by atoms with Crippen molar-refractivity contribution < 1.29 is 4.68 Å². The Hall–Kier alpha value is -3.46. The summed E-state index contributed by atoms with van der Waals surface area (Å²) < 4.78 is 4.48. The maximum absolute atomic E-state index is 4.84. The molecule has 0 amide bonds. The molecule has 3 nitrogen and oxygen atoms in total. The Kier molecular flexibility index (Phi) is 2.95. The highest BCUT2D eigenvalue weighted by molar-refractivity contribution is 6.17. The van der Waals surface area contributed by atoms with Crippen molar-refractivity contribution in [2.24, 2.45) is 7.05 Å². The summed E-state index contributed by atoms with van der Waals surface area (Å²) in [6, 6.07) is 23.9. The van der Waals surface area contributed by atoms with Crippen LogP contribution in [0.5, 0.6) is 0 Å². The molecule has 0 aliphatic carbocycles. The van der Waals surface area contributed by atoms with Crippen molar-refractivity contribution in [1.29, 1.82) is 0 Å². The number of hydrogen-bond acceptors (Lipinski definition) is 1. The molecule has 6 rings (SSSR count). The van der Waals surface area contributed by atoms with Gasteiger partial charge in [-0.3, -0.25) is 0 Å². The molecule has 0 saturated carbocycles. The third-order valence-electron chi connectivity index (χ3n) is 6.10. The van der Waals surface area contributed by atoms with E-state index >= 15 is 0 Å². The third-order valence-corrected chi connectivity index (χ3v) is 6.10. The summed E-state index contributed by atoms with van der Waals surface area (Å²) in [4.78, 5) is 0. The van der Waals surface area contributed by atoms with Crippen LogP contribution in [0, 0.1) is 13.8 Å². The Labute approximate surface area is 162 Å². The summed E-state index contributed by atoms with van der Waals surface area (Å²) >= 11 is 0. The number of benzene rings is 3. The summed E-state index contributed by atoms with van der Waals surface area (Å²) in [5.41, 5.74) is 7.31. The van der Waals surface area contributed by atoms with E-state index in [-0.39, 0.29) is 0 Å². The monoisotopic (exact) mass is 362 g/mol. The van der Waals surface area contributed by atoms with Crippen LogP contribution in [0.25, 0.3) is 49.4 Å². The second-order valence-corrected chi connectivity index (χ2v) is 7.63. The van der Waals surface area contributed by atoms with Gasteiger partial charge in [0.05, 0.1) is 16.4 Å². The molecule has 0 atom stereocenters. The third kappa shape index (κ3) is 1.79. The van der Waals surface area contributed by atoms with Gasteiger partial charge in [0.2, 0.25) is 0 Å². The predicted molar refractivity (Wildman–Crippen MR) is 115 cm³/mol. The van der Waals surface area contributed by atoms with Crippen molar-refractivity contribution in [2.75, 3.05) is 0 Å². The van der Waals surface area contributed by atoms with Crippen LogP contribution in [0.3, 0.4) is 0 Å². The smallest absolute Gasteiger partial charge is 0.263 e. The number of nitrogens with zero attached hydrogens (tertiary/aromatic N) is 3. The minimum atomic E-state index is 1.05. The van der Waals surface area contributed by atoms with Gasteiger partial charge >= 0.3 is 0 Å². The number of fused-ring (bicyclic) bond motifs is 4. The maximum Gasteiger partial charge on any atom is 0.263 e. The maximum atomic E-state index is 4.84. The van der Waals surface area contributed by atoms with Gasteiger partial charge in [-0.25, -0.2) is 0 Å². The van der Waals surface area contributed by atoms with Crippen LogP contribution in [0.15, 0.2) is 66.7 Å². The Morgan fingerprint density at radius 1 is 0.714 bits per heavy atom. The molecule has 0 bridgehead atoms. The molecule has 3 heterocycles. The molecule has 0 aliphatic heterocycles. The summed E-state index contributed by atoms with van der Waals surface area (Å²) in [5.74, 6) is 0. The van der Waals surface area contributed by atoms with Crippen LogP contribution in [0.4, 0.5) is 0 Å². The average Bonchev–Trinajstić information content (AvgIpc) is 3.20. The molecule has 0 radical (unpaired) electrons. The average molecular weight is 362 g/mol. The number of aromatic nitrogens is 3. The van der Waals surface area contributed by atoms with Crippen LogP contribution >= 0.6 is 0 Å². The molecule has 6 aromatic rings. The Morgan fingerprint density at radius 2 is 1.36 bits per heavy atom. The standard InChI is InChI=1S/C25H20N3/c1-15-17-12-8-13-21-19-10-6-7-14-22(19)28(24(17)21)23(15)25-20-11-5-4-9-18(20)16(2)26-27(25)3/h4-14H,1-3H3/q+1. The van der Waals surface area contributed by atoms with Crippen LogP contribution < -0.4 is 4.68 Å². The fourth-order valence-corrected chi connectivity index (χ4v) is 4.92. The van der Waals surface area contributed by atoms with Crippen LogP contribution in [-0.4, -0.2) is 9.50 Å². The second-order valence-electron chi connectivity index (χ2n) is 7.63. The zero-order chi connectivity index (χ0) is 19.0. The number of hydrogen-bond donors (Lipinski definition) is 0. The molecule has 0 fully saturated rings.